The molecule has 3 N–H and O–H groups in total. The average molecular weight is 1350 g/mol. The summed E-state index contributed by atoms with van der Waals surface area (Å²) in [7, 11) is -9.90. The number of phosphoric ester groups is 2. The molecule has 0 aliphatic carbocycles. The summed E-state index contributed by atoms with van der Waals surface area (Å²) < 4.78 is 68.4. The summed E-state index contributed by atoms with van der Waals surface area (Å²) in [6.45, 7) is 7.26. The minimum Gasteiger partial charge on any atom is -0.462 e. The molecular weight excluding hydrogens is 1210 g/mol. The van der Waals surface area contributed by atoms with Crippen molar-refractivity contribution in [3.8, 4) is 0 Å². The Morgan fingerprint density at radius 1 is 0.293 bits per heavy atom. The van der Waals surface area contributed by atoms with E-state index < -0.39 is 97.5 Å². The predicted molar refractivity (Wildman–Crippen MR) is 372 cm³/mol. The number of unbranched alkanes of at least 4 members (excludes halogenated alkanes) is 45. The molecule has 0 aromatic carbocycles. The summed E-state index contributed by atoms with van der Waals surface area (Å²) in [6, 6.07) is 0. The second kappa shape index (κ2) is 66.3. The van der Waals surface area contributed by atoms with E-state index in [-0.39, 0.29) is 25.7 Å². The monoisotopic (exact) mass is 1350 g/mol. The van der Waals surface area contributed by atoms with Gasteiger partial charge in [-0.15, -0.1) is 0 Å². The van der Waals surface area contributed by atoms with Crippen molar-refractivity contribution in [2.75, 3.05) is 39.6 Å². The van der Waals surface area contributed by atoms with Gasteiger partial charge in [0.1, 0.15) is 19.3 Å². The molecule has 0 fully saturated rings. The van der Waals surface area contributed by atoms with Gasteiger partial charge in [0.25, 0.3) is 0 Å². The fourth-order valence-corrected chi connectivity index (χ4v) is 12.8. The van der Waals surface area contributed by atoms with E-state index in [2.05, 4.69) is 34.6 Å². The number of hydrogen-bond donors (Lipinski definition) is 3. The first kappa shape index (κ1) is 90.1. The van der Waals surface area contributed by atoms with Crippen LogP contribution in [-0.4, -0.2) is 96.7 Å². The Bertz CT molecular complexity index is 1770. The predicted octanol–water partition coefficient (Wildman–Crippen LogP) is 21.3. The van der Waals surface area contributed by atoms with Crippen LogP contribution in [0.25, 0.3) is 0 Å². The maximum atomic E-state index is 13.1. The van der Waals surface area contributed by atoms with Gasteiger partial charge >= 0.3 is 39.5 Å². The molecule has 19 heteroatoms. The van der Waals surface area contributed by atoms with Gasteiger partial charge in [0, 0.05) is 25.7 Å². The molecule has 0 aliphatic heterocycles. The van der Waals surface area contributed by atoms with Gasteiger partial charge in [-0.05, 0) is 31.6 Å². The van der Waals surface area contributed by atoms with Gasteiger partial charge in [-0.1, -0.05) is 330 Å². The molecule has 2 unspecified atom stereocenters. The van der Waals surface area contributed by atoms with Gasteiger partial charge in [-0.2, -0.15) is 0 Å². The van der Waals surface area contributed by atoms with Crippen molar-refractivity contribution < 1.29 is 80.2 Å². The molecule has 92 heavy (non-hydrogen) atoms. The van der Waals surface area contributed by atoms with E-state index in [1.807, 2.05) is 0 Å². The Morgan fingerprint density at radius 2 is 0.500 bits per heavy atom. The summed E-state index contributed by atoms with van der Waals surface area (Å²) in [5.74, 6) is -1.35. The SMILES string of the molecule is CCCCCCCCCCCCCCCCCCCCC(=O)O[C@H](COC(=O)CCCCCCCCCCCCCC(C)C)COP(=O)(O)OC[C@@H](O)COP(=O)(O)OC[C@@H](COC(=O)CCCCCCCCCCC)OC(=O)CCCCCCCCCCCCC. The van der Waals surface area contributed by atoms with Crippen molar-refractivity contribution in [1.29, 1.82) is 0 Å². The Balaban J connectivity index is 5.22. The molecule has 546 valence electrons. The highest BCUT2D eigenvalue weighted by Crippen LogP contribution is 2.45. The topological polar surface area (TPSA) is 237 Å². The molecule has 0 aromatic heterocycles. The summed E-state index contributed by atoms with van der Waals surface area (Å²) >= 11 is 0. The van der Waals surface area contributed by atoms with E-state index in [1.165, 1.54) is 205 Å². The number of rotatable bonds is 73. The molecule has 0 bridgehead atoms. The summed E-state index contributed by atoms with van der Waals surface area (Å²) in [5.41, 5.74) is 0. The van der Waals surface area contributed by atoms with Crippen molar-refractivity contribution >= 4 is 39.5 Å². The van der Waals surface area contributed by atoms with Crippen molar-refractivity contribution in [1.82, 2.24) is 0 Å². The lowest BCUT2D eigenvalue weighted by Gasteiger charge is -2.21. The number of hydrogen-bond acceptors (Lipinski definition) is 15. The zero-order chi connectivity index (χ0) is 67.7. The fourth-order valence-electron chi connectivity index (χ4n) is 11.2. The zero-order valence-electron chi connectivity index (χ0n) is 59.7. The molecule has 0 saturated heterocycles. The molecule has 0 radical (unpaired) electrons. The molecule has 0 amide bonds. The van der Waals surface area contributed by atoms with Crippen LogP contribution < -0.4 is 0 Å². The van der Waals surface area contributed by atoms with Crippen molar-refractivity contribution in [3.05, 3.63) is 0 Å². The Labute approximate surface area is 562 Å². The first-order valence-corrected chi connectivity index (χ1v) is 41.1. The number of aliphatic hydroxyl groups is 1. The van der Waals surface area contributed by atoms with Crippen molar-refractivity contribution in [3.63, 3.8) is 0 Å². The third kappa shape index (κ3) is 66.7. The second-order valence-corrected chi connectivity index (χ2v) is 29.7. The maximum absolute atomic E-state index is 13.1. The fraction of sp³-hybridized carbons (Fsp3) is 0.945. The summed E-state index contributed by atoms with van der Waals surface area (Å²) in [6.07, 6.45) is 54.0. The Morgan fingerprint density at radius 3 is 0.739 bits per heavy atom. The number of ether oxygens (including phenoxy) is 4. The van der Waals surface area contributed by atoms with Gasteiger partial charge in [-0.25, -0.2) is 9.13 Å². The highest BCUT2D eigenvalue weighted by molar-refractivity contribution is 7.47. The first-order valence-electron chi connectivity index (χ1n) is 38.1. The van der Waals surface area contributed by atoms with E-state index >= 15 is 0 Å². The Hall–Kier alpha value is -1.94. The van der Waals surface area contributed by atoms with Gasteiger partial charge in [-0.3, -0.25) is 37.3 Å². The van der Waals surface area contributed by atoms with E-state index in [0.717, 1.165) is 95.8 Å². The maximum Gasteiger partial charge on any atom is 0.472 e. The third-order valence-corrected chi connectivity index (χ3v) is 18.9. The lowest BCUT2D eigenvalue weighted by atomic mass is 10.0. The van der Waals surface area contributed by atoms with Crippen LogP contribution in [0.1, 0.15) is 381 Å². The highest BCUT2D eigenvalue weighted by Gasteiger charge is 2.30. The number of carbonyl (C=O) groups excluding carboxylic acids is 4. The molecule has 0 rings (SSSR count). The van der Waals surface area contributed by atoms with Crippen LogP contribution in [0.2, 0.25) is 0 Å². The van der Waals surface area contributed by atoms with Crippen LogP contribution in [0, 0.1) is 5.92 Å². The zero-order valence-corrected chi connectivity index (χ0v) is 61.5. The molecule has 0 aliphatic rings. The van der Waals surface area contributed by atoms with Gasteiger partial charge in [0.15, 0.2) is 12.2 Å². The molecule has 5 atom stereocenters. The molecule has 17 nitrogen and oxygen atoms in total. The van der Waals surface area contributed by atoms with E-state index in [4.69, 9.17) is 37.0 Å². The summed E-state index contributed by atoms with van der Waals surface area (Å²) in [5, 5.41) is 10.6. The average Bonchev–Trinajstić information content (AvgIpc) is 3.68. The van der Waals surface area contributed by atoms with Crippen LogP contribution in [0.5, 0.6) is 0 Å². The number of carbonyl (C=O) groups is 4. The van der Waals surface area contributed by atoms with E-state index in [1.54, 1.807) is 0 Å². The molecule has 0 spiro atoms. The lowest BCUT2D eigenvalue weighted by Crippen LogP contribution is -2.30. The highest BCUT2D eigenvalue weighted by atomic mass is 31.2. The van der Waals surface area contributed by atoms with Gasteiger partial charge in [0.05, 0.1) is 26.4 Å². The Kier molecular flexibility index (Phi) is 64.9. The summed E-state index contributed by atoms with van der Waals surface area (Å²) in [4.78, 5) is 72.6. The second-order valence-electron chi connectivity index (χ2n) is 26.8. The lowest BCUT2D eigenvalue weighted by molar-refractivity contribution is -0.161. The largest absolute Gasteiger partial charge is 0.472 e. The quantitative estimate of drug-likeness (QED) is 0.0222. The third-order valence-electron chi connectivity index (χ3n) is 17.0. The van der Waals surface area contributed by atoms with Crippen LogP contribution in [-0.2, 0) is 65.4 Å². The standard InChI is InChI=1S/C73H142O17P2/c1-6-9-12-15-18-21-23-24-25-26-27-28-29-33-39-44-49-54-59-73(78)90-69(63-84-71(76)57-52-47-42-37-34-30-32-36-40-45-50-55-66(4)5)65-88-92(81,82)86-61-67(74)60-85-91(79,80)87-64-68(62-83-70(75)56-51-46-41-35-20-17-14-11-8-3)89-72(77)58-53-48-43-38-31-22-19-16-13-10-7-2/h66-69,74H,6-65H2,1-5H3,(H,79,80)(H,81,82)/t67-,68+,69+/m0/s1. The smallest absolute Gasteiger partial charge is 0.462 e. The minimum absolute atomic E-state index is 0.107. The number of aliphatic hydroxyl groups excluding tert-OH is 1. The number of phosphoric acid groups is 2. The normalized spacial score (nSPS) is 14.0. The molecular formula is C73H142O17P2. The minimum atomic E-state index is -4.95. The van der Waals surface area contributed by atoms with Crippen molar-refractivity contribution in [2.45, 2.75) is 400 Å². The van der Waals surface area contributed by atoms with Crippen LogP contribution >= 0.6 is 15.6 Å². The number of esters is 4. The molecule has 0 saturated carbocycles. The van der Waals surface area contributed by atoms with Crippen LogP contribution in [0.15, 0.2) is 0 Å². The van der Waals surface area contributed by atoms with Gasteiger partial charge in [0.2, 0.25) is 0 Å². The van der Waals surface area contributed by atoms with Crippen molar-refractivity contribution in [2.24, 2.45) is 5.92 Å². The van der Waals surface area contributed by atoms with E-state index in [0.29, 0.717) is 25.7 Å². The molecule has 0 heterocycles. The van der Waals surface area contributed by atoms with E-state index in [9.17, 15) is 43.2 Å². The first-order chi connectivity index (χ1) is 44.5. The van der Waals surface area contributed by atoms with Crippen LogP contribution in [0.3, 0.4) is 0 Å². The molecule has 0 aromatic rings. The van der Waals surface area contributed by atoms with Crippen LogP contribution in [0.4, 0.5) is 0 Å². The van der Waals surface area contributed by atoms with Gasteiger partial charge < -0.3 is 33.8 Å².